The molecular weight excluding hydrogens is 254 g/mol. The summed E-state index contributed by atoms with van der Waals surface area (Å²) in [6.07, 6.45) is 4.73. The number of halogens is 1. The summed E-state index contributed by atoms with van der Waals surface area (Å²) in [6.45, 7) is 1.11. The van der Waals surface area contributed by atoms with E-state index in [1.165, 1.54) is 19.3 Å². The molecule has 0 aliphatic carbocycles. The van der Waals surface area contributed by atoms with Gasteiger partial charge in [-0.15, -0.1) is 0 Å². The Labute approximate surface area is 98.8 Å². The fourth-order valence-corrected chi connectivity index (χ4v) is 2.42. The number of phenolic OH excluding ortho intramolecular Hbond substituents is 1. The molecule has 1 fully saturated rings. The molecule has 1 aromatic carbocycles. The number of aromatic hydroxyl groups is 1. The second-order valence-electron chi connectivity index (χ2n) is 4.12. The van der Waals surface area contributed by atoms with Crippen LogP contribution in [0.3, 0.4) is 0 Å². The van der Waals surface area contributed by atoms with Crippen molar-refractivity contribution in [3.63, 3.8) is 0 Å². The van der Waals surface area contributed by atoms with Gasteiger partial charge in [-0.3, -0.25) is 0 Å². The van der Waals surface area contributed by atoms with Crippen molar-refractivity contribution in [2.75, 3.05) is 6.54 Å². The number of phenols is 1. The molecule has 0 radical (unpaired) electrons. The van der Waals surface area contributed by atoms with Gasteiger partial charge in [-0.25, -0.2) is 0 Å². The Balaban J connectivity index is 2.03. The van der Waals surface area contributed by atoms with E-state index >= 15 is 0 Å². The molecule has 1 aliphatic rings. The van der Waals surface area contributed by atoms with E-state index in [0.29, 0.717) is 11.8 Å². The molecule has 82 valence electrons. The highest BCUT2D eigenvalue weighted by Gasteiger charge is 2.14. The van der Waals surface area contributed by atoms with Crippen LogP contribution in [0.25, 0.3) is 0 Å². The molecule has 0 bridgehead atoms. The Morgan fingerprint density at radius 3 is 2.93 bits per heavy atom. The van der Waals surface area contributed by atoms with Crippen molar-refractivity contribution in [2.45, 2.75) is 31.7 Å². The number of benzene rings is 1. The van der Waals surface area contributed by atoms with Crippen molar-refractivity contribution in [2.24, 2.45) is 0 Å². The second-order valence-corrected chi connectivity index (χ2v) is 5.04. The molecule has 1 saturated heterocycles. The molecule has 3 heteroatoms. The molecular formula is C12H16BrNO. The van der Waals surface area contributed by atoms with E-state index in [1.54, 1.807) is 6.07 Å². The van der Waals surface area contributed by atoms with E-state index in [4.69, 9.17) is 0 Å². The standard InChI is InChI=1S/C12H16BrNO/c13-10-5-4-9(12(15)8-10)7-11-3-1-2-6-14-11/h4-5,8,11,14-15H,1-3,6-7H2. The van der Waals surface area contributed by atoms with Gasteiger partial charge in [0, 0.05) is 10.5 Å². The summed E-state index contributed by atoms with van der Waals surface area (Å²) in [7, 11) is 0. The minimum atomic E-state index is 0.400. The molecule has 1 unspecified atom stereocenters. The highest BCUT2D eigenvalue weighted by Crippen LogP contribution is 2.24. The SMILES string of the molecule is Oc1cc(Br)ccc1CC1CCCCN1. The van der Waals surface area contributed by atoms with Crippen molar-refractivity contribution >= 4 is 15.9 Å². The Morgan fingerprint density at radius 2 is 2.27 bits per heavy atom. The maximum atomic E-state index is 9.76. The van der Waals surface area contributed by atoms with Gasteiger partial charge in [0.2, 0.25) is 0 Å². The summed E-state index contributed by atoms with van der Waals surface area (Å²) in [5.74, 6) is 0.400. The van der Waals surface area contributed by atoms with Gasteiger partial charge in [0.05, 0.1) is 0 Å². The summed E-state index contributed by atoms with van der Waals surface area (Å²) < 4.78 is 0.931. The third kappa shape index (κ3) is 2.95. The maximum absolute atomic E-state index is 9.76. The zero-order valence-corrected chi connectivity index (χ0v) is 10.3. The van der Waals surface area contributed by atoms with Crippen LogP contribution in [0.15, 0.2) is 22.7 Å². The summed E-state index contributed by atoms with van der Waals surface area (Å²) in [4.78, 5) is 0. The predicted octanol–water partition coefficient (Wildman–Crippen LogP) is 2.84. The summed E-state index contributed by atoms with van der Waals surface area (Å²) >= 11 is 3.35. The first kappa shape index (κ1) is 11.0. The van der Waals surface area contributed by atoms with Gasteiger partial charge in [-0.1, -0.05) is 28.4 Å². The highest BCUT2D eigenvalue weighted by molar-refractivity contribution is 9.10. The lowest BCUT2D eigenvalue weighted by Gasteiger charge is -2.23. The summed E-state index contributed by atoms with van der Waals surface area (Å²) in [6, 6.07) is 6.27. The Kier molecular flexibility index (Phi) is 3.65. The molecule has 2 rings (SSSR count). The van der Waals surface area contributed by atoms with Crippen LogP contribution in [-0.4, -0.2) is 17.7 Å². The highest BCUT2D eigenvalue weighted by atomic mass is 79.9. The van der Waals surface area contributed by atoms with Crippen LogP contribution in [0.2, 0.25) is 0 Å². The van der Waals surface area contributed by atoms with Crippen LogP contribution >= 0.6 is 15.9 Å². The molecule has 2 N–H and O–H groups in total. The van der Waals surface area contributed by atoms with E-state index in [1.807, 2.05) is 12.1 Å². The van der Waals surface area contributed by atoms with E-state index in [-0.39, 0.29) is 0 Å². The quantitative estimate of drug-likeness (QED) is 0.866. The van der Waals surface area contributed by atoms with Gasteiger partial charge >= 0.3 is 0 Å². The van der Waals surface area contributed by atoms with E-state index in [2.05, 4.69) is 21.2 Å². The summed E-state index contributed by atoms with van der Waals surface area (Å²) in [5, 5.41) is 13.3. The van der Waals surface area contributed by atoms with Gasteiger partial charge in [-0.2, -0.15) is 0 Å². The number of nitrogens with one attached hydrogen (secondary N) is 1. The van der Waals surface area contributed by atoms with Gasteiger partial charge in [0.1, 0.15) is 5.75 Å². The number of piperidine rings is 1. The fraction of sp³-hybridized carbons (Fsp3) is 0.500. The fourth-order valence-electron chi connectivity index (χ4n) is 2.07. The van der Waals surface area contributed by atoms with Gasteiger partial charge in [-0.05, 0) is 43.5 Å². The zero-order valence-electron chi connectivity index (χ0n) is 8.67. The molecule has 1 aromatic rings. The van der Waals surface area contributed by atoms with Crippen molar-refractivity contribution in [1.29, 1.82) is 0 Å². The number of rotatable bonds is 2. The summed E-state index contributed by atoms with van der Waals surface area (Å²) in [5.41, 5.74) is 1.04. The molecule has 1 aliphatic heterocycles. The average Bonchev–Trinajstić information content (AvgIpc) is 2.24. The van der Waals surface area contributed by atoms with E-state index < -0.39 is 0 Å². The van der Waals surface area contributed by atoms with Crippen molar-refractivity contribution < 1.29 is 5.11 Å². The predicted molar refractivity (Wildman–Crippen MR) is 65.2 cm³/mol. The van der Waals surface area contributed by atoms with Crippen molar-refractivity contribution in [3.8, 4) is 5.75 Å². The van der Waals surface area contributed by atoms with Crippen molar-refractivity contribution in [3.05, 3.63) is 28.2 Å². The third-order valence-electron chi connectivity index (χ3n) is 2.93. The first-order valence-electron chi connectivity index (χ1n) is 5.46. The van der Waals surface area contributed by atoms with Gasteiger partial charge < -0.3 is 10.4 Å². The van der Waals surface area contributed by atoms with Crippen LogP contribution in [0.1, 0.15) is 24.8 Å². The molecule has 1 atom stereocenters. The lowest BCUT2D eigenvalue weighted by Crippen LogP contribution is -2.35. The molecule has 1 heterocycles. The number of hydrogen-bond acceptors (Lipinski definition) is 2. The second kappa shape index (κ2) is 4.99. The molecule has 0 amide bonds. The molecule has 0 spiro atoms. The Hall–Kier alpha value is -0.540. The minimum Gasteiger partial charge on any atom is -0.508 e. The smallest absolute Gasteiger partial charge is 0.119 e. The van der Waals surface area contributed by atoms with Crippen LogP contribution in [0.4, 0.5) is 0 Å². The average molecular weight is 270 g/mol. The largest absolute Gasteiger partial charge is 0.508 e. The lowest BCUT2D eigenvalue weighted by molar-refractivity contribution is 0.391. The minimum absolute atomic E-state index is 0.400. The molecule has 15 heavy (non-hydrogen) atoms. The first-order valence-corrected chi connectivity index (χ1v) is 6.26. The third-order valence-corrected chi connectivity index (χ3v) is 3.42. The Bertz CT molecular complexity index is 334. The first-order chi connectivity index (χ1) is 7.25. The number of hydrogen-bond donors (Lipinski definition) is 2. The van der Waals surface area contributed by atoms with Crippen LogP contribution < -0.4 is 5.32 Å². The maximum Gasteiger partial charge on any atom is 0.119 e. The van der Waals surface area contributed by atoms with Crippen LogP contribution in [0.5, 0.6) is 5.75 Å². The van der Waals surface area contributed by atoms with Crippen LogP contribution in [0, 0.1) is 0 Å². The topological polar surface area (TPSA) is 32.3 Å². The monoisotopic (exact) mass is 269 g/mol. The Morgan fingerprint density at radius 1 is 1.40 bits per heavy atom. The van der Waals surface area contributed by atoms with Gasteiger partial charge in [0.15, 0.2) is 0 Å². The lowest BCUT2D eigenvalue weighted by atomic mass is 9.97. The molecule has 0 aromatic heterocycles. The van der Waals surface area contributed by atoms with Gasteiger partial charge in [0.25, 0.3) is 0 Å². The van der Waals surface area contributed by atoms with E-state index in [0.717, 1.165) is 23.0 Å². The van der Waals surface area contributed by atoms with Crippen LogP contribution in [-0.2, 0) is 6.42 Å². The molecule has 0 saturated carbocycles. The normalized spacial score (nSPS) is 21.5. The zero-order chi connectivity index (χ0) is 10.7. The van der Waals surface area contributed by atoms with E-state index in [9.17, 15) is 5.11 Å². The van der Waals surface area contributed by atoms with Crippen molar-refractivity contribution in [1.82, 2.24) is 5.32 Å². The molecule has 2 nitrogen and oxygen atoms in total.